The number of ether oxygens (including phenoxy) is 1. The Morgan fingerprint density at radius 2 is 1.53 bits per heavy atom. The van der Waals surface area contributed by atoms with Crippen molar-refractivity contribution in [1.29, 1.82) is 0 Å². The van der Waals surface area contributed by atoms with Crippen molar-refractivity contribution in [2.75, 3.05) is 0 Å². The first kappa shape index (κ1) is 13.2. The Hall–Kier alpha value is -1.78. The van der Waals surface area contributed by atoms with Gasteiger partial charge in [-0.25, -0.2) is 4.79 Å². The van der Waals surface area contributed by atoms with Crippen molar-refractivity contribution < 1.29 is 23.9 Å². The van der Waals surface area contributed by atoms with Crippen molar-refractivity contribution in [2.24, 2.45) is 0 Å². The van der Waals surface area contributed by atoms with E-state index in [9.17, 15) is 19.2 Å². The second-order valence-corrected chi connectivity index (χ2v) is 3.73. The van der Waals surface area contributed by atoms with Gasteiger partial charge in [-0.2, -0.15) is 0 Å². The summed E-state index contributed by atoms with van der Waals surface area (Å²) in [6, 6.07) is 0. The highest BCUT2D eigenvalue weighted by atomic mass is 16.6. The lowest BCUT2D eigenvalue weighted by atomic mass is 10.1. The van der Waals surface area contributed by atoms with Crippen molar-refractivity contribution in [3.05, 3.63) is 12.7 Å². The Morgan fingerprint density at radius 1 is 1.07 bits per heavy atom. The SMILES string of the molecule is C=CC(=O)C(=O)C(=O)C(=O)OC(C)(C)C. The van der Waals surface area contributed by atoms with Crippen LogP contribution < -0.4 is 0 Å². The standard InChI is InChI=1S/C10H12O5/c1-5-6(11)7(12)8(13)9(14)15-10(2,3)4/h5H,1H2,2-4H3. The summed E-state index contributed by atoms with van der Waals surface area (Å²) in [6.45, 7) is 7.64. The van der Waals surface area contributed by atoms with Gasteiger partial charge in [-0.3, -0.25) is 14.4 Å². The van der Waals surface area contributed by atoms with Crippen molar-refractivity contribution in [1.82, 2.24) is 0 Å². The maximum atomic E-state index is 11.0. The number of hydrogen-bond donors (Lipinski definition) is 0. The van der Waals surface area contributed by atoms with Crippen molar-refractivity contribution >= 4 is 23.3 Å². The second kappa shape index (κ2) is 4.63. The molecule has 0 atom stereocenters. The van der Waals surface area contributed by atoms with Gasteiger partial charge < -0.3 is 4.74 Å². The first-order valence-electron chi connectivity index (χ1n) is 4.17. The van der Waals surface area contributed by atoms with Crippen LogP contribution in [-0.2, 0) is 23.9 Å². The monoisotopic (exact) mass is 212 g/mol. The highest BCUT2D eigenvalue weighted by Crippen LogP contribution is 2.07. The molecule has 0 unspecified atom stereocenters. The fraction of sp³-hybridized carbons (Fsp3) is 0.400. The fourth-order valence-corrected chi connectivity index (χ4v) is 0.622. The van der Waals surface area contributed by atoms with Crippen LogP contribution in [0.3, 0.4) is 0 Å². The van der Waals surface area contributed by atoms with Gasteiger partial charge in [0.1, 0.15) is 5.60 Å². The molecule has 0 aliphatic heterocycles. The average Bonchev–Trinajstić information content (AvgIpc) is 2.11. The number of allylic oxidation sites excluding steroid dienone is 1. The second-order valence-electron chi connectivity index (χ2n) is 3.73. The molecule has 0 N–H and O–H groups in total. The Labute approximate surface area is 87.1 Å². The molecule has 0 aliphatic carbocycles. The van der Waals surface area contributed by atoms with Crippen LogP contribution in [0.2, 0.25) is 0 Å². The van der Waals surface area contributed by atoms with Gasteiger partial charge in [-0.1, -0.05) is 6.58 Å². The number of carbonyl (C=O) groups excluding carboxylic acids is 4. The topological polar surface area (TPSA) is 77.5 Å². The lowest BCUT2D eigenvalue weighted by Gasteiger charge is -2.18. The minimum atomic E-state index is -1.48. The lowest BCUT2D eigenvalue weighted by Crippen LogP contribution is -2.35. The molecule has 5 heteroatoms. The first-order valence-corrected chi connectivity index (χ1v) is 4.17. The number of esters is 1. The molecule has 0 saturated carbocycles. The molecular formula is C10H12O5. The molecule has 15 heavy (non-hydrogen) atoms. The highest BCUT2D eigenvalue weighted by molar-refractivity contribution is 6.78. The third-order valence-corrected chi connectivity index (χ3v) is 1.20. The number of carbonyl (C=O) groups is 4. The Balaban J connectivity index is 4.61. The maximum absolute atomic E-state index is 11.0. The third-order valence-electron chi connectivity index (χ3n) is 1.20. The summed E-state index contributed by atoms with van der Waals surface area (Å²) < 4.78 is 4.62. The molecule has 0 radical (unpaired) electrons. The van der Waals surface area contributed by atoms with E-state index in [1.807, 2.05) is 0 Å². The van der Waals surface area contributed by atoms with Gasteiger partial charge >= 0.3 is 11.8 Å². The predicted molar refractivity (Wildman–Crippen MR) is 51.1 cm³/mol. The third kappa shape index (κ3) is 4.30. The van der Waals surface area contributed by atoms with Crippen LogP contribution in [-0.4, -0.2) is 28.9 Å². The number of ketones is 3. The first-order chi connectivity index (χ1) is 6.69. The molecule has 0 aromatic heterocycles. The van der Waals surface area contributed by atoms with E-state index in [-0.39, 0.29) is 0 Å². The molecule has 0 heterocycles. The zero-order chi connectivity index (χ0) is 12.2. The van der Waals surface area contributed by atoms with Gasteiger partial charge in [0.2, 0.25) is 5.78 Å². The van der Waals surface area contributed by atoms with Crippen LogP contribution in [0, 0.1) is 0 Å². The summed E-state index contributed by atoms with van der Waals surface area (Å²) in [5, 5.41) is 0. The van der Waals surface area contributed by atoms with Crippen molar-refractivity contribution in [3.8, 4) is 0 Å². The van der Waals surface area contributed by atoms with Crippen LogP contribution in [0.5, 0.6) is 0 Å². The van der Waals surface area contributed by atoms with Gasteiger partial charge in [-0.05, 0) is 26.8 Å². The van der Waals surface area contributed by atoms with E-state index in [1.54, 1.807) is 0 Å². The molecule has 0 spiro atoms. The molecule has 0 saturated heterocycles. The summed E-state index contributed by atoms with van der Waals surface area (Å²) in [6.07, 6.45) is 0.671. The normalized spacial score (nSPS) is 10.3. The zero-order valence-electron chi connectivity index (χ0n) is 8.83. The fourth-order valence-electron chi connectivity index (χ4n) is 0.622. The minimum Gasteiger partial charge on any atom is -0.454 e. The maximum Gasteiger partial charge on any atom is 0.383 e. The Kier molecular flexibility index (Phi) is 4.08. The van der Waals surface area contributed by atoms with Gasteiger partial charge in [0.05, 0.1) is 0 Å². The molecule has 0 fully saturated rings. The summed E-state index contributed by atoms with van der Waals surface area (Å²) in [7, 11) is 0. The molecule has 0 rings (SSSR count). The molecule has 0 bridgehead atoms. The smallest absolute Gasteiger partial charge is 0.383 e. The van der Waals surface area contributed by atoms with E-state index in [0.717, 1.165) is 0 Å². The van der Waals surface area contributed by atoms with Crippen LogP contribution >= 0.6 is 0 Å². The van der Waals surface area contributed by atoms with E-state index in [0.29, 0.717) is 6.08 Å². The Bertz CT molecular complexity index is 332. The number of rotatable bonds is 4. The largest absolute Gasteiger partial charge is 0.454 e. The van der Waals surface area contributed by atoms with Gasteiger partial charge in [-0.15, -0.1) is 0 Å². The van der Waals surface area contributed by atoms with E-state index in [4.69, 9.17) is 0 Å². The van der Waals surface area contributed by atoms with Gasteiger partial charge in [0.15, 0.2) is 0 Å². The molecular weight excluding hydrogens is 200 g/mol. The molecule has 82 valence electrons. The quantitative estimate of drug-likeness (QED) is 0.288. The zero-order valence-corrected chi connectivity index (χ0v) is 8.83. The van der Waals surface area contributed by atoms with E-state index >= 15 is 0 Å². The van der Waals surface area contributed by atoms with Crippen LogP contribution in [0.1, 0.15) is 20.8 Å². The highest BCUT2D eigenvalue weighted by Gasteiger charge is 2.31. The van der Waals surface area contributed by atoms with Crippen LogP contribution in [0.15, 0.2) is 12.7 Å². The van der Waals surface area contributed by atoms with Gasteiger partial charge in [0, 0.05) is 0 Å². The van der Waals surface area contributed by atoms with Crippen molar-refractivity contribution in [2.45, 2.75) is 26.4 Å². The summed E-state index contributed by atoms with van der Waals surface area (Å²) in [5.41, 5.74) is -0.885. The lowest BCUT2D eigenvalue weighted by molar-refractivity contribution is -0.164. The molecule has 0 aliphatic rings. The van der Waals surface area contributed by atoms with Crippen LogP contribution in [0.4, 0.5) is 0 Å². The van der Waals surface area contributed by atoms with Crippen LogP contribution in [0.25, 0.3) is 0 Å². The molecule has 0 aromatic carbocycles. The van der Waals surface area contributed by atoms with E-state index in [1.165, 1.54) is 20.8 Å². The molecule has 0 aromatic rings. The summed E-state index contributed by atoms with van der Waals surface area (Å²) in [5.74, 6) is -5.36. The Morgan fingerprint density at radius 3 is 1.87 bits per heavy atom. The average molecular weight is 212 g/mol. The number of hydrogen-bond acceptors (Lipinski definition) is 5. The van der Waals surface area contributed by atoms with Crippen molar-refractivity contribution in [3.63, 3.8) is 0 Å². The number of Topliss-reactive ketones (excluding diaryl/α,β-unsaturated/α-hetero) is 2. The van der Waals surface area contributed by atoms with Gasteiger partial charge in [0.25, 0.3) is 5.78 Å². The summed E-state index contributed by atoms with van der Waals surface area (Å²) in [4.78, 5) is 43.7. The predicted octanol–water partition coefficient (Wildman–Crippen LogP) is 0.221. The summed E-state index contributed by atoms with van der Waals surface area (Å²) >= 11 is 0. The molecule has 0 amide bonds. The minimum absolute atomic E-state index is 0.671. The van der Waals surface area contributed by atoms with E-state index in [2.05, 4.69) is 11.3 Å². The molecule has 5 nitrogen and oxygen atoms in total. The van der Waals surface area contributed by atoms with E-state index < -0.39 is 28.9 Å².